The molecule has 2 heterocycles. The lowest BCUT2D eigenvalue weighted by atomic mass is 9.89. The summed E-state index contributed by atoms with van der Waals surface area (Å²) in [6.45, 7) is 4.41. The van der Waals surface area contributed by atoms with E-state index in [1.54, 1.807) is 7.05 Å². The lowest BCUT2D eigenvalue weighted by Gasteiger charge is -2.21. The maximum atomic E-state index is 13.1. The maximum absolute atomic E-state index is 13.1. The molecule has 1 aromatic heterocycles. The van der Waals surface area contributed by atoms with E-state index in [-0.39, 0.29) is 5.56 Å². The number of carbonyl (C=O) groups excluding carboxylic acids is 1. The van der Waals surface area contributed by atoms with E-state index in [0.29, 0.717) is 5.69 Å². The van der Waals surface area contributed by atoms with E-state index in [1.807, 2.05) is 20.8 Å². The number of aliphatic carboxylic acids is 1. The minimum Gasteiger partial charge on any atom is -0.481 e. The molecule has 1 amide bonds. The lowest BCUT2D eigenvalue weighted by molar-refractivity contribution is -0.187. The Kier molecular flexibility index (Phi) is 4.41. The van der Waals surface area contributed by atoms with Gasteiger partial charge < -0.3 is 10.0 Å². The van der Waals surface area contributed by atoms with Crippen LogP contribution in [0.2, 0.25) is 0 Å². The third kappa shape index (κ3) is 3.39. The van der Waals surface area contributed by atoms with Crippen molar-refractivity contribution >= 4 is 11.9 Å². The average Bonchev–Trinajstić information content (AvgIpc) is 3.00. The molecule has 0 spiro atoms. The minimum absolute atomic E-state index is 0.206. The van der Waals surface area contributed by atoms with Gasteiger partial charge in [0, 0.05) is 31.7 Å². The van der Waals surface area contributed by atoms with E-state index in [0.717, 1.165) is 4.90 Å². The largest absolute Gasteiger partial charge is 0.481 e. The van der Waals surface area contributed by atoms with Crippen molar-refractivity contribution in [3.63, 3.8) is 0 Å². The van der Waals surface area contributed by atoms with Gasteiger partial charge >= 0.3 is 12.1 Å². The average molecular weight is 347 g/mol. The van der Waals surface area contributed by atoms with Gasteiger partial charge in [-0.2, -0.15) is 18.3 Å². The van der Waals surface area contributed by atoms with E-state index in [2.05, 4.69) is 5.10 Å². The molecule has 1 fully saturated rings. The standard InChI is InChI=1S/C15H20F3N3O3/c1-14(2,3)11-9(5-20(4)19-11)12(22)21-6-8(13(23)24)10(7-21)15(16,17)18/h5,8,10H,6-7H2,1-4H3,(H,23,24)/t8-,10-/m1/s1. The van der Waals surface area contributed by atoms with E-state index in [4.69, 9.17) is 5.11 Å². The number of carboxylic acid groups (broad SMARTS) is 1. The number of hydrogen-bond acceptors (Lipinski definition) is 3. The Bertz CT molecular complexity index is 661. The molecule has 1 saturated heterocycles. The van der Waals surface area contributed by atoms with Gasteiger partial charge in [0.1, 0.15) is 0 Å². The Labute approximate surface area is 137 Å². The van der Waals surface area contributed by atoms with Gasteiger partial charge in [-0.1, -0.05) is 20.8 Å². The molecule has 0 saturated carbocycles. The number of carboxylic acids is 1. The third-order valence-corrected chi connectivity index (χ3v) is 4.11. The van der Waals surface area contributed by atoms with Crippen LogP contribution < -0.4 is 0 Å². The number of rotatable bonds is 2. The number of carbonyl (C=O) groups is 2. The number of alkyl halides is 3. The summed E-state index contributed by atoms with van der Waals surface area (Å²) in [6, 6.07) is 0. The highest BCUT2D eigenvalue weighted by Gasteiger charge is 2.53. The summed E-state index contributed by atoms with van der Waals surface area (Å²) in [5.41, 5.74) is 0.205. The van der Waals surface area contributed by atoms with Crippen molar-refractivity contribution in [2.75, 3.05) is 13.1 Å². The number of nitrogens with zero attached hydrogens (tertiary/aromatic N) is 3. The predicted molar refractivity (Wildman–Crippen MR) is 78.5 cm³/mol. The Morgan fingerprint density at radius 2 is 1.83 bits per heavy atom. The van der Waals surface area contributed by atoms with Crippen LogP contribution in [0.25, 0.3) is 0 Å². The first kappa shape index (κ1) is 18.3. The maximum Gasteiger partial charge on any atom is 0.394 e. The molecule has 134 valence electrons. The first-order chi connectivity index (χ1) is 10.8. The Balaban J connectivity index is 2.34. The van der Waals surface area contributed by atoms with Crippen molar-refractivity contribution in [1.82, 2.24) is 14.7 Å². The molecular formula is C15H20F3N3O3. The summed E-state index contributed by atoms with van der Waals surface area (Å²) in [7, 11) is 1.62. The van der Waals surface area contributed by atoms with E-state index in [1.165, 1.54) is 10.9 Å². The van der Waals surface area contributed by atoms with Crippen LogP contribution in [0.5, 0.6) is 0 Å². The van der Waals surface area contributed by atoms with Crippen molar-refractivity contribution in [2.24, 2.45) is 18.9 Å². The van der Waals surface area contributed by atoms with Crippen LogP contribution in [-0.4, -0.2) is 50.9 Å². The molecule has 2 atom stereocenters. The third-order valence-electron chi connectivity index (χ3n) is 4.11. The van der Waals surface area contributed by atoms with Crippen LogP contribution in [0.1, 0.15) is 36.8 Å². The molecule has 0 aliphatic carbocycles. The van der Waals surface area contributed by atoms with Crippen LogP contribution >= 0.6 is 0 Å². The van der Waals surface area contributed by atoms with Gasteiger partial charge in [0.05, 0.1) is 23.1 Å². The summed E-state index contributed by atoms with van der Waals surface area (Å²) in [5, 5.41) is 13.3. The normalized spacial score (nSPS) is 22.0. The molecule has 0 unspecified atom stereocenters. The van der Waals surface area contributed by atoms with Crippen LogP contribution in [0.15, 0.2) is 6.20 Å². The Hall–Kier alpha value is -2.06. The molecule has 24 heavy (non-hydrogen) atoms. The molecule has 1 N–H and O–H groups in total. The van der Waals surface area contributed by atoms with Crippen molar-refractivity contribution in [3.05, 3.63) is 17.5 Å². The molecule has 0 aromatic carbocycles. The van der Waals surface area contributed by atoms with Crippen molar-refractivity contribution in [2.45, 2.75) is 32.4 Å². The Morgan fingerprint density at radius 3 is 2.25 bits per heavy atom. The second-order valence-electron chi connectivity index (χ2n) is 7.12. The first-order valence-electron chi connectivity index (χ1n) is 7.45. The second-order valence-corrected chi connectivity index (χ2v) is 7.12. The van der Waals surface area contributed by atoms with Gasteiger partial charge in [-0.15, -0.1) is 0 Å². The lowest BCUT2D eigenvalue weighted by Crippen LogP contribution is -2.34. The summed E-state index contributed by atoms with van der Waals surface area (Å²) in [6.07, 6.45) is -3.21. The molecule has 1 aliphatic rings. The summed E-state index contributed by atoms with van der Waals surface area (Å²) >= 11 is 0. The van der Waals surface area contributed by atoms with Gasteiger partial charge in [0.15, 0.2) is 0 Å². The highest BCUT2D eigenvalue weighted by Crippen LogP contribution is 2.38. The fourth-order valence-corrected chi connectivity index (χ4v) is 2.92. The predicted octanol–water partition coefficient (Wildman–Crippen LogP) is 2.05. The van der Waals surface area contributed by atoms with Gasteiger partial charge in [0.2, 0.25) is 0 Å². The number of halogens is 3. The monoisotopic (exact) mass is 347 g/mol. The van der Waals surface area contributed by atoms with Crippen molar-refractivity contribution in [1.29, 1.82) is 0 Å². The van der Waals surface area contributed by atoms with E-state index in [9.17, 15) is 22.8 Å². The van der Waals surface area contributed by atoms with Crippen LogP contribution in [-0.2, 0) is 17.3 Å². The van der Waals surface area contributed by atoms with Gasteiger partial charge in [-0.25, -0.2) is 0 Å². The molecule has 2 rings (SSSR count). The van der Waals surface area contributed by atoms with Crippen LogP contribution in [0, 0.1) is 11.8 Å². The molecule has 0 bridgehead atoms. The second kappa shape index (κ2) is 5.78. The summed E-state index contributed by atoms with van der Waals surface area (Å²) in [5.74, 6) is -5.88. The van der Waals surface area contributed by atoms with E-state index >= 15 is 0 Å². The first-order valence-corrected chi connectivity index (χ1v) is 7.45. The van der Waals surface area contributed by atoms with Crippen molar-refractivity contribution in [3.8, 4) is 0 Å². The van der Waals surface area contributed by atoms with E-state index < -0.39 is 48.4 Å². The molecule has 0 radical (unpaired) electrons. The van der Waals surface area contributed by atoms with Gasteiger partial charge in [0.25, 0.3) is 5.91 Å². The quantitative estimate of drug-likeness (QED) is 0.888. The fraction of sp³-hybridized carbons (Fsp3) is 0.667. The number of likely N-dealkylation sites (tertiary alicyclic amines) is 1. The van der Waals surface area contributed by atoms with Gasteiger partial charge in [-0.05, 0) is 0 Å². The zero-order chi connectivity index (χ0) is 18.4. The Morgan fingerprint density at radius 1 is 1.25 bits per heavy atom. The smallest absolute Gasteiger partial charge is 0.394 e. The van der Waals surface area contributed by atoms with Crippen LogP contribution in [0.4, 0.5) is 13.2 Å². The zero-order valence-electron chi connectivity index (χ0n) is 13.9. The highest BCUT2D eigenvalue weighted by molar-refractivity contribution is 5.96. The SMILES string of the molecule is Cn1cc(C(=O)N2C[C@@H](C(F)(F)F)[C@H](C(=O)O)C2)c(C(C)(C)C)n1. The number of hydrogen-bond donors (Lipinski definition) is 1. The molecule has 9 heteroatoms. The zero-order valence-corrected chi connectivity index (χ0v) is 13.9. The summed E-state index contributed by atoms with van der Waals surface area (Å²) < 4.78 is 40.6. The topological polar surface area (TPSA) is 75.4 Å². The van der Waals surface area contributed by atoms with Crippen molar-refractivity contribution < 1.29 is 27.9 Å². The van der Waals surface area contributed by atoms with Crippen LogP contribution in [0.3, 0.4) is 0 Å². The molecular weight excluding hydrogens is 327 g/mol. The number of amides is 1. The highest BCUT2D eigenvalue weighted by atomic mass is 19.4. The van der Waals surface area contributed by atoms with Gasteiger partial charge in [-0.3, -0.25) is 14.3 Å². The summed E-state index contributed by atoms with van der Waals surface area (Å²) in [4.78, 5) is 24.8. The number of aryl methyl sites for hydroxylation is 1. The molecule has 1 aromatic rings. The fourth-order valence-electron chi connectivity index (χ4n) is 2.92. The molecule has 6 nitrogen and oxygen atoms in total. The number of aromatic nitrogens is 2. The molecule has 1 aliphatic heterocycles. The minimum atomic E-state index is -4.67.